The molecule has 33 heavy (non-hydrogen) atoms. The largest absolute Gasteiger partial charge is 0.381 e. The average Bonchev–Trinajstić information content (AvgIpc) is 2.82. The number of methoxy groups -OCH3 is 5. The maximum Gasteiger partial charge on any atom is 0.0806 e. The maximum atomic E-state index is 5.82. The van der Waals surface area contributed by atoms with E-state index in [2.05, 4.69) is 51.2 Å². The molecule has 0 aromatic rings. The number of allylic oxidation sites excluding steroid dienone is 2. The van der Waals surface area contributed by atoms with Crippen molar-refractivity contribution in [3.05, 3.63) is 36.0 Å². The maximum absolute atomic E-state index is 5.82. The van der Waals surface area contributed by atoms with E-state index in [1.54, 1.807) is 35.5 Å². The Kier molecular flexibility index (Phi) is 18.3. The molecule has 6 heteroatoms. The number of aliphatic imine (C=N–C) groups is 1. The summed E-state index contributed by atoms with van der Waals surface area (Å²) in [5.41, 5.74) is 2.37. The van der Waals surface area contributed by atoms with Gasteiger partial charge in [0.15, 0.2) is 0 Å². The van der Waals surface area contributed by atoms with Crippen LogP contribution in [0.2, 0.25) is 0 Å². The Hall–Kier alpha value is -1.31. The molecular weight excluding hydrogens is 418 g/mol. The van der Waals surface area contributed by atoms with Crippen molar-refractivity contribution < 1.29 is 23.7 Å². The highest BCUT2D eigenvalue weighted by Gasteiger charge is 2.25. The first-order chi connectivity index (χ1) is 15.8. The van der Waals surface area contributed by atoms with E-state index in [4.69, 9.17) is 23.7 Å². The number of nitrogens with zero attached hydrogens (tertiary/aromatic N) is 1. The predicted molar refractivity (Wildman–Crippen MR) is 138 cm³/mol. The van der Waals surface area contributed by atoms with Crippen molar-refractivity contribution in [2.75, 3.05) is 35.5 Å². The molecule has 0 rings (SSSR count). The molecule has 0 radical (unpaired) electrons. The summed E-state index contributed by atoms with van der Waals surface area (Å²) < 4.78 is 28.7. The Labute approximate surface area is 203 Å². The first-order valence-corrected chi connectivity index (χ1v) is 11.8. The lowest BCUT2D eigenvalue weighted by molar-refractivity contribution is -0.0388. The highest BCUT2D eigenvalue weighted by molar-refractivity contribution is 5.25. The Morgan fingerprint density at radius 1 is 0.758 bits per heavy atom. The van der Waals surface area contributed by atoms with Crippen LogP contribution in [0.3, 0.4) is 0 Å². The fourth-order valence-electron chi connectivity index (χ4n) is 3.87. The fraction of sp³-hybridized carbons (Fsp3) is 0.741. The topological polar surface area (TPSA) is 58.5 Å². The number of hydrogen-bond donors (Lipinski definition) is 0. The quantitative estimate of drug-likeness (QED) is 0.133. The van der Waals surface area contributed by atoms with Crippen LogP contribution in [0.4, 0.5) is 0 Å². The third kappa shape index (κ3) is 13.9. The van der Waals surface area contributed by atoms with Crippen LogP contribution in [0.15, 0.2) is 40.9 Å². The smallest absolute Gasteiger partial charge is 0.0806 e. The third-order valence-electron chi connectivity index (χ3n) is 6.16. The van der Waals surface area contributed by atoms with Crippen molar-refractivity contribution in [3.8, 4) is 0 Å². The van der Waals surface area contributed by atoms with Crippen molar-refractivity contribution >= 4 is 6.72 Å². The molecule has 0 heterocycles. The molecule has 0 saturated carbocycles. The van der Waals surface area contributed by atoms with Crippen LogP contribution in [0.1, 0.15) is 59.3 Å². The number of hydrogen-bond acceptors (Lipinski definition) is 6. The highest BCUT2D eigenvalue weighted by atomic mass is 16.5. The molecule has 6 atom stereocenters. The predicted octanol–water partition coefficient (Wildman–Crippen LogP) is 5.57. The minimum absolute atomic E-state index is 0.00132. The minimum atomic E-state index is -0.0329. The van der Waals surface area contributed by atoms with Gasteiger partial charge in [0, 0.05) is 54.4 Å². The van der Waals surface area contributed by atoms with Crippen LogP contribution in [-0.4, -0.2) is 78.8 Å². The normalized spacial score (nSPS) is 18.3. The van der Waals surface area contributed by atoms with E-state index in [1.807, 2.05) is 6.08 Å². The van der Waals surface area contributed by atoms with Crippen LogP contribution in [0.25, 0.3) is 0 Å². The molecule has 0 N–H and O–H groups in total. The molecule has 0 aromatic carbocycles. The van der Waals surface area contributed by atoms with Crippen molar-refractivity contribution in [2.45, 2.75) is 95.9 Å². The molecule has 0 bridgehead atoms. The number of rotatable bonds is 20. The molecule has 6 nitrogen and oxygen atoms in total. The summed E-state index contributed by atoms with van der Waals surface area (Å²) in [6.07, 6.45) is 11.1. The second-order valence-electron chi connectivity index (χ2n) is 8.73. The van der Waals surface area contributed by atoms with Gasteiger partial charge in [0.25, 0.3) is 0 Å². The van der Waals surface area contributed by atoms with Crippen LogP contribution in [0, 0.1) is 0 Å². The highest BCUT2D eigenvalue weighted by Crippen LogP contribution is 2.23. The Morgan fingerprint density at radius 3 is 1.67 bits per heavy atom. The van der Waals surface area contributed by atoms with Gasteiger partial charge in [-0.2, -0.15) is 0 Å². The van der Waals surface area contributed by atoms with E-state index in [9.17, 15) is 0 Å². The summed E-state index contributed by atoms with van der Waals surface area (Å²) in [5.74, 6) is 0. The summed E-state index contributed by atoms with van der Waals surface area (Å²) in [5, 5.41) is 0. The van der Waals surface area contributed by atoms with Crippen molar-refractivity contribution in [3.63, 3.8) is 0 Å². The van der Waals surface area contributed by atoms with Crippen molar-refractivity contribution in [1.29, 1.82) is 0 Å². The third-order valence-corrected chi connectivity index (χ3v) is 6.16. The molecule has 0 aliphatic carbocycles. The van der Waals surface area contributed by atoms with Crippen molar-refractivity contribution in [2.24, 2.45) is 4.99 Å². The lowest BCUT2D eigenvalue weighted by Crippen LogP contribution is -2.31. The average molecular weight is 468 g/mol. The molecule has 192 valence electrons. The Bertz CT molecular complexity index is 589. The monoisotopic (exact) mass is 467 g/mol. The molecular formula is C27H49NO5. The summed E-state index contributed by atoms with van der Waals surface area (Å²) in [6.45, 7) is 13.7. The second kappa shape index (κ2) is 19.0. The Balaban J connectivity index is 5.09. The van der Waals surface area contributed by atoms with Gasteiger partial charge in [-0.05, 0) is 58.7 Å². The second-order valence-corrected chi connectivity index (χ2v) is 8.73. The molecule has 0 aliphatic heterocycles. The lowest BCUT2D eigenvalue weighted by atomic mass is 9.95. The first kappa shape index (κ1) is 31.7. The van der Waals surface area contributed by atoms with E-state index in [0.29, 0.717) is 0 Å². The van der Waals surface area contributed by atoms with Crippen LogP contribution < -0.4 is 0 Å². The standard InChI is InChI=1S/C27H49NO5/c1-11-12-23(29-6)16-24(30-7)17-25(31-8)18-26(32-9)19-27(33-10)21(3)15-20(2)13-14-22(4)28-5/h11,13,15,22-27H,1,5,12,14,16-19H2,2-4,6-10H3. The molecule has 0 fully saturated rings. The summed E-state index contributed by atoms with van der Waals surface area (Å²) in [4.78, 5) is 4.04. The summed E-state index contributed by atoms with van der Waals surface area (Å²) in [6, 6.07) is 0.225. The van der Waals surface area contributed by atoms with Crippen molar-refractivity contribution in [1.82, 2.24) is 0 Å². The summed E-state index contributed by atoms with van der Waals surface area (Å²) in [7, 11) is 8.70. The van der Waals surface area contributed by atoms with Gasteiger partial charge in [0.2, 0.25) is 0 Å². The lowest BCUT2D eigenvalue weighted by Gasteiger charge is -2.28. The van der Waals surface area contributed by atoms with E-state index >= 15 is 0 Å². The van der Waals surface area contributed by atoms with Crippen LogP contribution in [0.5, 0.6) is 0 Å². The van der Waals surface area contributed by atoms with Gasteiger partial charge < -0.3 is 23.7 Å². The molecule has 6 unspecified atom stereocenters. The first-order valence-electron chi connectivity index (χ1n) is 11.8. The van der Waals surface area contributed by atoms with E-state index < -0.39 is 0 Å². The van der Waals surface area contributed by atoms with E-state index in [1.165, 1.54) is 11.1 Å². The Morgan fingerprint density at radius 2 is 1.24 bits per heavy atom. The zero-order valence-corrected chi connectivity index (χ0v) is 22.3. The zero-order valence-electron chi connectivity index (χ0n) is 22.3. The molecule has 0 aliphatic rings. The van der Waals surface area contributed by atoms with Gasteiger partial charge in [-0.3, -0.25) is 4.99 Å². The van der Waals surface area contributed by atoms with Gasteiger partial charge in [-0.1, -0.05) is 23.8 Å². The molecule has 0 spiro atoms. The molecule has 0 amide bonds. The van der Waals surface area contributed by atoms with Crippen LogP contribution >= 0.6 is 0 Å². The molecule has 0 saturated heterocycles. The molecule has 0 aromatic heterocycles. The van der Waals surface area contributed by atoms with Gasteiger partial charge in [-0.15, -0.1) is 6.58 Å². The fourth-order valence-corrected chi connectivity index (χ4v) is 3.87. The van der Waals surface area contributed by atoms with Crippen LogP contribution in [-0.2, 0) is 23.7 Å². The SMILES string of the molecule is C=CCC(CC(CC(CC(CC(OC)C(C)=CC(C)=CCC(C)N=C)OC)OC)OC)OC. The van der Waals surface area contributed by atoms with E-state index in [0.717, 1.165) is 38.5 Å². The van der Waals surface area contributed by atoms with Gasteiger partial charge in [-0.25, -0.2) is 0 Å². The van der Waals surface area contributed by atoms with E-state index in [-0.39, 0.29) is 36.6 Å². The van der Waals surface area contributed by atoms with Gasteiger partial charge in [0.05, 0.1) is 30.5 Å². The summed E-state index contributed by atoms with van der Waals surface area (Å²) >= 11 is 0. The zero-order chi connectivity index (χ0) is 25.2. The number of ether oxygens (including phenoxy) is 5. The van der Waals surface area contributed by atoms with Gasteiger partial charge in [0.1, 0.15) is 0 Å². The van der Waals surface area contributed by atoms with Gasteiger partial charge >= 0.3 is 0 Å². The minimum Gasteiger partial charge on any atom is -0.381 e.